The molecule has 1 amide bonds. The monoisotopic (exact) mass is 427 g/mol. The molecule has 0 aliphatic rings. The Morgan fingerprint density at radius 1 is 1.00 bits per heavy atom. The Hall–Kier alpha value is -3.64. The molecular formula is C25H21N3O2S. The van der Waals surface area contributed by atoms with Crippen molar-refractivity contribution >= 4 is 34.8 Å². The van der Waals surface area contributed by atoms with Gasteiger partial charge in [0.15, 0.2) is 6.61 Å². The van der Waals surface area contributed by atoms with Crippen molar-refractivity contribution in [1.82, 2.24) is 10.4 Å². The number of ether oxygens (including phenoxy) is 1. The summed E-state index contributed by atoms with van der Waals surface area (Å²) in [5.74, 6) is 0.231. The first-order valence-corrected chi connectivity index (χ1v) is 10.6. The van der Waals surface area contributed by atoms with Crippen molar-refractivity contribution in [3.63, 3.8) is 0 Å². The number of aryl methyl sites for hydroxylation is 1. The van der Waals surface area contributed by atoms with E-state index in [1.165, 1.54) is 10.5 Å². The second kappa shape index (κ2) is 9.91. The maximum Gasteiger partial charge on any atom is 0.277 e. The van der Waals surface area contributed by atoms with E-state index in [2.05, 4.69) is 46.7 Å². The molecule has 0 unspecified atom stereocenters. The topological polar surface area (TPSA) is 63.6 Å². The molecule has 0 aliphatic heterocycles. The van der Waals surface area contributed by atoms with E-state index in [4.69, 9.17) is 4.74 Å². The zero-order chi connectivity index (χ0) is 21.5. The number of hydrogen-bond acceptors (Lipinski definition) is 5. The number of rotatable bonds is 7. The second-order valence-electron chi connectivity index (χ2n) is 6.90. The number of hydrazone groups is 1. The predicted molar refractivity (Wildman–Crippen MR) is 125 cm³/mol. The van der Waals surface area contributed by atoms with E-state index in [-0.39, 0.29) is 12.5 Å². The third-order valence-electron chi connectivity index (χ3n) is 4.49. The van der Waals surface area contributed by atoms with Gasteiger partial charge >= 0.3 is 0 Å². The largest absolute Gasteiger partial charge is 0.481 e. The fourth-order valence-corrected chi connectivity index (χ4v) is 3.73. The van der Waals surface area contributed by atoms with Crippen LogP contribution in [-0.4, -0.2) is 23.7 Å². The molecule has 1 aromatic heterocycles. The van der Waals surface area contributed by atoms with Gasteiger partial charge in [0.05, 0.1) is 6.21 Å². The number of nitrogens with one attached hydrogen (secondary N) is 1. The molecular weight excluding hydrogens is 406 g/mol. The average molecular weight is 428 g/mol. The van der Waals surface area contributed by atoms with Crippen molar-refractivity contribution in [1.29, 1.82) is 0 Å². The average Bonchev–Trinajstić information content (AvgIpc) is 2.80. The molecule has 6 heteroatoms. The molecule has 0 atom stereocenters. The Labute approximate surface area is 185 Å². The molecule has 0 bridgehead atoms. The highest BCUT2D eigenvalue weighted by Crippen LogP contribution is 2.27. The molecule has 1 N–H and O–H groups in total. The molecule has 31 heavy (non-hydrogen) atoms. The van der Waals surface area contributed by atoms with Crippen LogP contribution in [0.3, 0.4) is 0 Å². The van der Waals surface area contributed by atoms with Gasteiger partial charge in [-0.2, -0.15) is 5.10 Å². The molecule has 4 rings (SSSR count). The van der Waals surface area contributed by atoms with E-state index in [1.54, 1.807) is 30.2 Å². The minimum atomic E-state index is -0.337. The summed E-state index contributed by atoms with van der Waals surface area (Å²) in [6.45, 7) is 1.94. The Bertz CT molecular complexity index is 1200. The SMILES string of the molecule is Cc1ccc(Sc2ccc(/C=N\NC(=O)COc3cccc4cccnc34)cc2)cc1. The Kier molecular flexibility index (Phi) is 6.59. The number of pyridine rings is 1. The van der Waals surface area contributed by atoms with Gasteiger partial charge in [-0.15, -0.1) is 0 Å². The van der Waals surface area contributed by atoms with E-state index >= 15 is 0 Å². The minimum absolute atomic E-state index is 0.140. The van der Waals surface area contributed by atoms with Gasteiger partial charge in [0.2, 0.25) is 0 Å². The molecule has 3 aromatic carbocycles. The maximum atomic E-state index is 12.1. The molecule has 154 valence electrons. The number of benzene rings is 3. The third kappa shape index (κ3) is 5.71. The van der Waals surface area contributed by atoms with Gasteiger partial charge in [-0.25, -0.2) is 5.43 Å². The fourth-order valence-electron chi connectivity index (χ4n) is 2.91. The molecule has 0 fully saturated rings. The van der Waals surface area contributed by atoms with Crippen LogP contribution in [0.25, 0.3) is 10.9 Å². The maximum absolute atomic E-state index is 12.1. The van der Waals surface area contributed by atoms with Crippen LogP contribution in [0, 0.1) is 6.92 Å². The quantitative estimate of drug-likeness (QED) is 0.324. The van der Waals surface area contributed by atoms with E-state index < -0.39 is 0 Å². The predicted octanol–water partition coefficient (Wildman–Crippen LogP) is 5.22. The summed E-state index contributed by atoms with van der Waals surface area (Å²) >= 11 is 1.70. The first-order valence-electron chi connectivity index (χ1n) is 9.80. The van der Waals surface area contributed by atoms with Crippen LogP contribution < -0.4 is 10.2 Å². The van der Waals surface area contributed by atoms with Gasteiger partial charge in [0, 0.05) is 21.4 Å². The standard InChI is InChI=1S/C25H21N3O2S/c1-18-7-11-21(12-8-18)31-22-13-9-19(10-14-22)16-27-28-24(29)17-30-23-6-2-4-20-5-3-15-26-25(20)23/h2-16H,17H2,1H3,(H,28,29)/b27-16-. The van der Waals surface area contributed by atoms with Gasteiger partial charge in [-0.3, -0.25) is 9.78 Å². The number of amides is 1. The van der Waals surface area contributed by atoms with Gasteiger partial charge in [0.25, 0.3) is 5.91 Å². The highest BCUT2D eigenvalue weighted by Gasteiger charge is 2.06. The van der Waals surface area contributed by atoms with Crippen molar-refractivity contribution in [3.8, 4) is 5.75 Å². The second-order valence-corrected chi connectivity index (χ2v) is 8.04. The highest BCUT2D eigenvalue weighted by molar-refractivity contribution is 7.99. The summed E-state index contributed by atoms with van der Waals surface area (Å²) in [5, 5.41) is 4.97. The summed E-state index contributed by atoms with van der Waals surface area (Å²) < 4.78 is 5.61. The third-order valence-corrected chi connectivity index (χ3v) is 5.51. The summed E-state index contributed by atoms with van der Waals surface area (Å²) in [6.07, 6.45) is 3.31. The number of nitrogens with zero attached hydrogens (tertiary/aromatic N) is 2. The van der Waals surface area contributed by atoms with Crippen molar-refractivity contribution in [2.75, 3.05) is 6.61 Å². The summed E-state index contributed by atoms with van der Waals surface area (Å²) in [7, 11) is 0. The van der Waals surface area contributed by atoms with E-state index in [0.29, 0.717) is 5.75 Å². The van der Waals surface area contributed by atoms with Crippen molar-refractivity contribution < 1.29 is 9.53 Å². The van der Waals surface area contributed by atoms with E-state index in [9.17, 15) is 4.79 Å². The van der Waals surface area contributed by atoms with Crippen molar-refractivity contribution in [2.45, 2.75) is 16.7 Å². The first kappa shape index (κ1) is 20.6. The lowest BCUT2D eigenvalue weighted by atomic mass is 10.2. The Balaban J connectivity index is 1.28. The lowest BCUT2D eigenvalue weighted by Crippen LogP contribution is -2.24. The highest BCUT2D eigenvalue weighted by atomic mass is 32.2. The minimum Gasteiger partial charge on any atom is -0.481 e. The summed E-state index contributed by atoms with van der Waals surface area (Å²) in [5.41, 5.74) is 5.36. The number of aromatic nitrogens is 1. The van der Waals surface area contributed by atoms with Gasteiger partial charge < -0.3 is 4.74 Å². The van der Waals surface area contributed by atoms with E-state index in [1.807, 2.05) is 48.5 Å². The van der Waals surface area contributed by atoms with E-state index in [0.717, 1.165) is 21.4 Å². The van der Waals surface area contributed by atoms with Crippen LogP contribution in [0.5, 0.6) is 5.75 Å². The Morgan fingerprint density at radius 2 is 1.71 bits per heavy atom. The molecule has 1 heterocycles. The molecule has 0 saturated carbocycles. The van der Waals surface area contributed by atoms with Crippen LogP contribution >= 0.6 is 11.8 Å². The van der Waals surface area contributed by atoms with Crippen molar-refractivity contribution in [3.05, 3.63) is 96.2 Å². The van der Waals surface area contributed by atoms with Gasteiger partial charge in [0.1, 0.15) is 11.3 Å². The summed E-state index contributed by atoms with van der Waals surface area (Å²) in [4.78, 5) is 18.7. The van der Waals surface area contributed by atoms with Crippen LogP contribution in [0.15, 0.2) is 100.0 Å². The first-order chi connectivity index (χ1) is 15.2. The van der Waals surface area contributed by atoms with Gasteiger partial charge in [-0.05, 0) is 48.9 Å². The summed E-state index contributed by atoms with van der Waals surface area (Å²) in [6, 6.07) is 25.8. The molecule has 0 saturated heterocycles. The number of carbonyl (C=O) groups excluding carboxylic acids is 1. The molecule has 0 spiro atoms. The van der Waals surface area contributed by atoms with Crippen LogP contribution in [0.2, 0.25) is 0 Å². The molecule has 0 aliphatic carbocycles. The lowest BCUT2D eigenvalue weighted by molar-refractivity contribution is -0.123. The smallest absolute Gasteiger partial charge is 0.277 e. The van der Waals surface area contributed by atoms with Gasteiger partial charge in [-0.1, -0.05) is 59.8 Å². The lowest BCUT2D eigenvalue weighted by Gasteiger charge is -2.07. The number of hydrogen-bond donors (Lipinski definition) is 1. The van der Waals surface area contributed by atoms with Crippen LogP contribution in [0.4, 0.5) is 0 Å². The molecule has 0 radical (unpaired) electrons. The molecule has 4 aromatic rings. The van der Waals surface area contributed by atoms with Crippen molar-refractivity contribution in [2.24, 2.45) is 5.10 Å². The fraction of sp³-hybridized carbons (Fsp3) is 0.0800. The molecule has 5 nitrogen and oxygen atoms in total. The normalized spacial score (nSPS) is 11.0. The zero-order valence-corrected chi connectivity index (χ0v) is 17.8. The Morgan fingerprint density at radius 3 is 2.48 bits per heavy atom. The van der Waals surface area contributed by atoms with Crippen LogP contribution in [-0.2, 0) is 4.79 Å². The zero-order valence-electron chi connectivity index (χ0n) is 17.0. The number of carbonyl (C=O) groups is 1. The number of fused-ring (bicyclic) bond motifs is 1. The number of para-hydroxylation sites is 1. The van der Waals surface area contributed by atoms with Crippen LogP contribution in [0.1, 0.15) is 11.1 Å².